The predicted octanol–water partition coefficient (Wildman–Crippen LogP) is 0.855. The maximum atomic E-state index is 11.8. The Labute approximate surface area is 103 Å². The lowest BCUT2D eigenvalue weighted by molar-refractivity contribution is -0.117. The maximum Gasteiger partial charge on any atom is 0.259 e. The molecule has 1 amide bonds. The third-order valence-electron chi connectivity index (χ3n) is 2.03. The quantitative estimate of drug-likeness (QED) is 0.893. The van der Waals surface area contributed by atoms with Gasteiger partial charge in [0.05, 0.1) is 12.1 Å². The van der Waals surface area contributed by atoms with E-state index in [0.29, 0.717) is 15.3 Å². The van der Waals surface area contributed by atoms with Gasteiger partial charge >= 0.3 is 0 Å². The number of thiazole rings is 1. The molecule has 7 heteroatoms. The van der Waals surface area contributed by atoms with E-state index in [9.17, 15) is 9.59 Å². The van der Waals surface area contributed by atoms with E-state index in [4.69, 9.17) is 5.73 Å². The Bertz CT molecular complexity index is 631. The van der Waals surface area contributed by atoms with Gasteiger partial charge in [-0.2, -0.15) is 0 Å². The van der Waals surface area contributed by atoms with E-state index in [1.807, 2.05) is 6.92 Å². The molecule has 84 valence electrons. The van der Waals surface area contributed by atoms with Crippen molar-refractivity contribution in [3.05, 3.63) is 31.6 Å². The SMILES string of the molecule is Cc1sc2nc(CC(N)=O)cc(=O)n2c1Br. The average molecular weight is 302 g/mol. The zero-order valence-corrected chi connectivity index (χ0v) is 10.8. The van der Waals surface area contributed by atoms with Gasteiger partial charge in [0.2, 0.25) is 5.91 Å². The van der Waals surface area contributed by atoms with Crippen molar-refractivity contribution >= 4 is 38.1 Å². The standard InChI is InChI=1S/C9H8BrN3O2S/c1-4-8(10)13-7(15)3-5(2-6(11)14)12-9(13)16-4/h3H,2H2,1H3,(H2,11,14). The second-order valence-electron chi connectivity index (χ2n) is 3.30. The minimum atomic E-state index is -0.497. The summed E-state index contributed by atoms with van der Waals surface area (Å²) in [6, 6.07) is 1.33. The van der Waals surface area contributed by atoms with Crippen LogP contribution in [-0.4, -0.2) is 15.3 Å². The van der Waals surface area contributed by atoms with Crippen molar-refractivity contribution in [3.63, 3.8) is 0 Å². The summed E-state index contributed by atoms with van der Waals surface area (Å²) in [7, 11) is 0. The fourth-order valence-electron chi connectivity index (χ4n) is 1.36. The first-order valence-corrected chi connectivity index (χ1v) is 6.06. The lowest BCUT2D eigenvalue weighted by atomic mass is 10.3. The summed E-state index contributed by atoms with van der Waals surface area (Å²) < 4.78 is 2.17. The van der Waals surface area contributed by atoms with Crippen LogP contribution in [0.2, 0.25) is 0 Å². The van der Waals surface area contributed by atoms with Crippen molar-refractivity contribution in [2.45, 2.75) is 13.3 Å². The summed E-state index contributed by atoms with van der Waals surface area (Å²) in [5.74, 6) is -0.497. The number of hydrogen-bond donors (Lipinski definition) is 1. The molecule has 5 nitrogen and oxygen atoms in total. The van der Waals surface area contributed by atoms with Gasteiger partial charge in [-0.15, -0.1) is 11.3 Å². The first-order valence-electron chi connectivity index (χ1n) is 4.45. The molecule has 0 aliphatic heterocycles. The molecule has 0 saturated heterocycles. The van der Waals surface area contributed by atoms with Crippen LogP contribution < -0.4 is 11.3 Å². The number of aromatic nitrogens is 2. The molecule has 2 heterocycles. The monoisotopic (exact) mass is 301 g/mol. The van der Waals surface area contributed by atoms with Crippen LogP contribution in [0.1, 0.15) is 10.6 Å². The van der Waals surface area contributed by atoms with Gasteiger partial charge in [-0.25, -0.2) is 9.38 Å². The molecule has 2 aromatic rings. The summed E-state index contributed by atoms with van der Waals surface area (Å²) >= 11 is 4.71. The Hall–Kier alpha value is -1.21. The number of nitrogens with two attached hydrogens (primary N) is 1. The van der Waals surface area contributed by atoms with Gasteiger partial charge in [0.25, 0.3) is 5.56 Å². The van der Waals surface area contributed by atoms with Gasteiger partial charge in [-0.3, -0.25) is 9.59 Å². The molecule has 0 aliphatic rings. The fourth-order valence-corrected chi connectivity index (χ4v) is 2.95. The summed E-state index contributed by atoms with van der Waals surface area (Å²) in [4.78, 5) is 28.2. The Kier molecular flexibility index (Phi) is 2.81. The summed E-state index contributed by atoms with van der Waals surface area (Å²) in [5, 5.41) is 0. The molecule has 16 heavy (non-hydrogen) atoms. The third-order valence-corrected chi connectivity index (χ3v) is 4.20. The Morgan fingerprint density at radius 2 is 2.38 bits per heavy atom. The van der Waals surface area contributed by atoms with E-state index in [0.717, 1.165) is 4.88 Å². The number of aryl methyl sites for hydroxylation is 1. The van der Waals surface area contributed by atoms with E-state index >= 15 is 0 Å². The van der Waals surface area contributed by atoms with Crippen LogP contribution in [-0.2, 0) is 11.2 Å². The van der Waals surface area contributed by atoms with Crippen molar-refractivity contribution in [1.29, 1.82) is 0 Å². The number of fused-ring (bicyclic) bond motifs is 1. The fraction of sp³-hybridized carbons (Fsp3) is 0.222. The molecule has 0 radical (unpaired) electrons. The normalized spacial score (nSPS) is 10.9. The van der Waals surface area contributed by atoms with Crippen LogP contribution in [0.5, 0.6) is 0 Å². The molecule has 0 aromatic carbocycles. The molecule has 0 unspecified atom stereocenters. The number of rotatable bonds is 2. The van der Waals surface area contributed by atoms with E-state index in [1.54, 1.807) is 0 Å². The molecule has 2 aromatic heterocycles. The van der Waals surface area contributed by atoms with Crippen molar-refractivity contribution in [3.8, 4) is 0 Å². The number of amides is 1. The number of primary amides is 1. The molecule has 0 saturated carbocycles. The van der Waals surface area contributed by atoms with Crippen LogP contribution in [0.4, 0.5) is 0 Å². The maximum absolute atomic E-state index is 11.8. The molecule has 0 aliphatic carbocycles. The zero-order chi connectivity index (χ0) is 11.9. The zero-order valence-electron chi connectivity index (χ0n) is 8.36. The predicted molar refractivity (Wildman–Crippen MR) is 64.7 cm³/mol. The summed E-state index contributed by atoms with van der Waals surface area (Å²) in [6.07, 6.45) is -0.0136. The first-order chi connectivity index (χ1) is 7.49. The number of nitrogens with zero attached hydrogens (tertiary/aromatic N) is 2. The highest BCUT2D eigenvalue weighted by Gasteiger charge is 2.11. The number of hydrogen-bond acceptors (Lipinski definition) is 4. The minimum absolute atomic E-state index is 0.0136. The molecule has 0 spiro atoms. The number of carbonyl (C=O) groups is 1. The molecule has 0 fully saturated rings. The molecule has 2 N–H and O–H groups in total. The van der Waals surface area contributed by atoms with Crippen molar-refractivity contribution < 1.29 is 4.79 Å². The van der Waals surface area contributed by atoms with Crippen LogP contribution in [0.25, 0.3) is 4.96 Å². The van der Waals surface area contributed by atoms with E-state index < -0.39 is 5.91 Å². The van der Waals surface area contributed by atoms with Crippen LogP contribution in [0.3, 0.4) is 0 Å². The van der Waals surface area contributed by atoms with Gasteiger partial charge in [0, 0.05) is 10.9 Å². The summed E-state index contributed by atoms with van der Waals surface area (Å²) in [5.41, 5.74) is 5.26. The first kappa shape index (κ1) is 11.3. The highest BCUT2D eigenvalue weighted by atomic mass is 79.9. The van der Waals surface area contributed by atoms with E-state index in [1.165, 1.54) is 21.8 Å². The molecular formula is C9H8BrN3O2S. The Balaban J connectivity index is 2.69. The molecule has 0 atom stereocenters. The Morgan fingerprint density at radius 1 is 1.69 bits per heavy atom. The van der Waals surface area contributed by atoms with Crippen LogP contribution >= 0.6 is 27.3 Å². The average Bonchev–Trinajstić information content (AvgIpc) is 2.41. The highest BCUT2D eigenvalue weighted by Crippen LogP contribution is 2.24. The van der Waals surface area contributed by atoms with Crippen LogP contribution in [0, 0.1) is 6.92 Å². The van der Waals surface area contributed by atoms with E-state index in [2.05, 4.69) is 20.9 Å². The number of halogens is 1. The largest absolute Gasteiger partial charge is 0.369 e. The number of carbonyl (C=O) groups excluding carboxylic acids is 1. The minimum Gasteiger partial charge on any atom is -0.369 e. The lowest BCUT2D eigenvalue weighted by Gasteiger charge is -1.98. The second kappa shape index (κ2) is 3.99. The van der Waals surface area contributed by atoms with Crippen molar-refractivity contribution in [2.75, 3.05) is 0 Å². The topological polar surface area (TPSA) is 77.5 Å². The van der Waals surface area contributed by atoms with Gasteiger partial charge in [0.1, 0.15) is 4.60 Å². The van der Waals surface area contributed by atoms with Gasteiger partial charge in [-0.05, 0) is 22.9 Å². The second-order valence-corrected chi connectivity index (χ2v) is 5.23. The van der Waals surface area contributed by atoms with Gasteiger partial charge in [-0.1, -0.05) is 0 Å². The Morgan fingerprint density at radius 3 is 3.00 bits per heavy atom. The highest BCUT2D eigenvalue weighted by molar-refractivity contribution is 9.10. The van der Waals surface area contributed by atoms with E-state index in [-0.39, 0.29) is 12.0 Å². The molecule has 0 bridgehead atoms. The summed E-state index contributed by atoms with van der Waals surface area (Å²) in [6.45, 7) is 1.89. The molecular weight excluding hydrogens is 294 g/mol. The third kappa shape index (κ3) is 1.88. The molecule has 2 rings (SSSR count). The smallest absolute Gasteiger partial charge is 0.259 e. The van der Waals surface area contributed by atoms with Crippen LogP contribution in [0.15, 0.2) is 15.5 Å². The lowest BCUT2D eigenvalue weighted by Crippen LogP contribution is -2.19. The van der Waals surface area contributed by atoms with Gasteiger partial charge in [0.15, 0.2) is 4.96 Å². The van der Waals surface area contributed by atoms with Gasteiger partial charge < -0.3 is 5.73 Å². The van der Waals surface area contributed by atoms with Crippen molar-refractivity contribution in [1.82, 2.24) is 9.38 Å². The van der Waals surface area contributed by atoms with Crippen molar-refractivity contribution in [2.24, 2.45) is 5.73 Å².